The molecule has 0 N–H and O–H groups in total. The average Bonchev–Trinajstić information content (AvgIpc) is 3.21. The maximum Gasteiger partial charge on any atom is 0.320 e. The molecule has 2 unspecified atom stereocenters. The molecule has 0 aromatic carbocycles. The van der Waals surface area contributed by atoms with Gasteiger partial charge in [0.15, 0.2) is 0 Å². The summed E-state index contributed by atoms with van der Waals surface area (Å²) < 4.78 is 5.01. The van der Waals surface area contributed by atoms with Gasteiger partial charge in [0.05, 0.1) is 19.7 Å². The number of hydrogen-bond acceptors (Lipinski definition) is 4. The van der Waals surface area contributed by atoms with Crippen LogP contribution in [0.4, 0.5) is 0 Å². The third-order valence-electron chi connectivity index (χ3n) is 4.26. The standard InChI is InChI=1S/C16H28N2O3/c1-4-21-16(20)11-17(14-5-6-14)10-15(19)18-8-12(2)7-13(3)9-18/h12-14H,4-11H2,1-3H3. The molecular weight excluding hydrogens is 268 g/mol. The Morgan fingerprint density at radius 2 is 1.76 bits per heavy atom. The van der Waals surface area contributed by atoms with Crippen LogP contribution in [0.1, 0.15) is 40.0 Å². The van der Waals surface area contributed by atoms with Gasteiger partial charge in [-0.25, -0.2) is 0 Å². The monoisotopic (exact) mass is 296 g/mol. The van der Waals surface area contributed by atoms with Gasteiger partial charge in [0, 0.05) is 19.1 Å². The van der Waals surface area contributed by atoms with E-state index in [-0.39, 0.29) is 18.4 Å². The van der Waals surface area contributed by atoms with E-state index in [1.165, 1.54) is 6.42 Å². The van der Waals surface area contributed by atoms with Gasteiger partial charge in [-0.05, 0) is 38.0 Å². The van der Waals surface area contributed by atoms with Crippen LogP contribution in [0.15, 0.2) is 0 Å². The first-order chi connectivity index (χ1) is 9.99. The van der Waals surface area contributed by atoms with Gasteiger partial charge in [-0.15, -0.1) is 0 Å². The van der Waals surface area contributed by atoms with Crippen LogP contribution >= 0.6 is 0 Å². The first-order valence-corrected chi connectivity index (χ1v) is 8.17. The summed E-state index contributed by atoms with van der Waals surface area (Å²) in [5, 5.41) is 0. The number of carbonyl (C=O) groups excluding carboxylic acids is 2. The van der Waals surface area contributed by atoms with E-state index in [1.807, 2.05) is 9.80 Å². The number of ether oxygens (including phenoxy) is 1. The number of nitrogens with zero attached hydrogens (tertiary/aromatic N) is 2. The molecule has 1 saturated carbocycles. The predicted octanol–water partition coefficient (Wildman–Crippen LogP) is 1.52. The van der Waals surface area contributed by atoms with E-state index in [0.29, 0.717) is 31.0 Å². The lowest BCUT2D eigenvalue weighted by Crippen LogP contribution is -2.48. The SMILES string of the molecule is CCOC(=O)CN(CC(=O)N1CC(C)CC(C)C1)C1CC1. The third-order valence-corrected chi connectivity index (χ3v) is 4.26. The number of piperidine rings is 1. The van der Waals surface area contributed by atoms with Crippen LogP contribution in [-0.4, -0.2) is 60.5 Å². The summed E-state index contributed by atoms with van der Waals surface area (Å²) in [6, 6.07) is 0.387. The molecule has 5 nitrogen and oxygen atoms in total. The second-order valence-electron chi connectivity index (χ2n) is 6.69. The Morgan fingerprint density at radius 1 is 1.14 bits per heavy atom. The molecule has 21 heavy (non-hydrogen) atoms. The van der Waals surface area contributed by atoms with E-state index in [4.69, 9.17) is 4.74 Å². The molecule has 0 aromatic heterocycles. The molecule has 5 heteroatoms. The van der Waals surface area contributed by atoms with Crippen molar-refractivity contribution in [3.63, 3.8) is 0 Å². The van der Waals surface area contributed by atoms with Crippen LogP contribution in [0.2, 0.25) is 0 Å². The van der Waals surface area contributed by atoms with Crippen molar-refractivity contribution in [2.45, 2.75) is 46.1 Å². The number of carbonyl (C=O) groups is 2. The Kier molecular flexibility index (Phi) is 5.62. The van der Waals surface area contributed by atoms with Crippen LogP contribution in [0.3, 0.4) is 0 Å². The minimum Gasteiger partial charge on any atom is -0.465 e. The molecule has 1 heterocycles. The summed E-state index contributed by atoms with van der Waals surface area (Å²) >= 11 is 0. The molecule has 2 rings (SSSR count). The van der Waals surface area contributed by atoms with Crippen LogP contribution in [0.5, 0.6) is 0 Å². The molecule has 0 spiro atoms. The zero-order valence-electron chi connectivity index (χ0n) is 13.5. The second-order valence-corrected chi connectivity index (χ2v) is 6.69. The highest BCUT2D eigenvalue weighted by Gasteiger charge is 2.34. The molecule has 0 radical (unpaired) electrons. The Morgan fingerprint density at radius 3 is 2.29 bits per heavy atom. The topological polar surface area (TPSA) is 49.9 Å². The zero-order chi connectivity index (χ0) is 15.4. The summed E-state index contributed by atoms with van der Waals surface area (Å²) in [7, 11) is 0. The van der Waals surface area contributed by atoms with E-state index in [9.17, 15) is 9.59 Å². The number of amides is 1. The molecule has 1 aliphatic heterocycles. The number of likely N-dealkylation sites (tertiary alicyclic amines) is 1. The van der Waals surface area contributed by atoms with Crippen molar-refractivity contribution in [3.05, 3.63) is 0 Å². The smallest absolute Gasteiger partial charge is 0.320 e. The Hall–Kier alpha value is -1.10. The van der Waals surface area contributed by atoms with Crippen molar-refractivity contribution >= 4 is 11.9 Å². The number of esters is 1. The van der Waals surface area contributed by atoms with Gasteiger partial charge in [-0.2, -0.15) is 0 Å². The van der Waals surface area contributed by atoms with Crippen molar-refractivity contribution in [2.75, 3.05) is 32.8 Å². The van der Waals surface area contributed by atoms with Crippen LogP contribution in [-0.2, 0) is 14.3 Å². The maximum absolute atomic E-state index is 12.5. The second kappa shape index (κ2) is 7.25. The Bertz CT molecular complexity index is 372. The molecule has 2 aliphatic rings. The van der Waals surface area contributed by atoms with Crippen molar-refractivity contribution in [2.24, 2.45) is 11.8 Å². The molecule has 120 valence electrons. The zero-order valence-corrected chi connectivity index (χ0v) is 13.5. The Labute approximate surface area is 127 Å². The number of rotatable bonds is 6. The highest BCUT2D eigenvalue weighted by Crippen LogP contribution is 2.27. The summed E-state index contributed by atoms with van der Waals surface area (Å²) in [6.07, 6.45) is 3.36. The molecule has 1 amide bonds. The van der Waals surface area contributed by atoms with Gasteiger partial charge in [-0.1, -0.05) is 13.8 Å². The fourth-order valence-electron chi connectivity index (χ4n) is 3.27. The minimum absolute atomic E-state index is 0.157. The van der Waals surface area contributed by atoms with Crippen molar-refractivity contribution in [3.8, 4) is 0 Å². The van der Waals surface area contributed by atoms with E-state index in [0.717, 1.165) is 25.9 Å². The normalized spacial score (nSPS) is 26.0. The molecule has 2 atom stereocenters. The molecule has 1 aliphatic carbocycles. The summed E-state index contributed by atoms with van der Waals surface area (Å²) in [5.41, 5.74) is 0. The molecule has 1 saturated heterocycles. The van der Waals surface area contributed by atoms with Crippen LogP contribution in [0, 0.1) is 11.8 Å². The minimum atomic E-state index is -0.224. The fraction of sp³-hybridized carbons (Fsp3) is 0.875. The van der Waals surface area contributed by atoms with E-state index >= 15 is 0 Å². The van der Waals surface area contributed by atoms with Gasteiger partial charge >= 0.3 is 5.97 Å². The molecule has 0 bridgehead atoms. The lowest BCUT2D eigenvalue weighted by molar-refractivity contribution is -0.145. The van der Waals surface area contributed by atoms with E-state index in [2.05, 4.69) is 13.8 Å². The van der Waals surface area contributed by atoms with Gasteiger partial charge in [0.25, 0.3) is 0 Å². The lowest BCUT2D eigenvalue weighted by Gasteiger charge is -2.36. The third kappa shape index (κ3) is 4.99. The first kappa shape index (κ1) is 16.3. The lowest BCUT2D eigenvalue weighted by atomic mass is 9.92. The van der Waals surface area contributed by atoms with Gasteiger partial charge < -0.3 is 9.64 Å². The maximum atomic E-state index is 12.5. The highest BCUT2D eigenvalue weighted by atomic mass is 16.5. The quantitative estimate of drug-likeness (QED) is 0.697. The van der Waals surface area contributed by atoms with Crippen LogP contribution < -0.4 is 0 Å². The van der Waals surface area contributed by atoms with Crippen molar-refractivity contribution < 1.29 is 14.3 Å². The average molecular weight is 296 g/mol. The molecule has 0 aromatic rings. The fourth-order valence-corrected chi connectivity index (χ4v) is 3.27. The van der Waals surface area contributed by atoms with E-state index < -0.39 is 0 Å². The van der Waals surface area contributed by atoms with Gasteiger partial charge in [-0.3, -0.25) is 14.5 Å². The predicted molar refractivity (Wildman–Crippen MR) is 80.8 cm³/mol. The summed E-state index contributed by atoms with van der Waals surface area (Å²) in [6.45, 7) is 8.89. The van der Waals surface area contributed by atoms with Crippen LogP contribution in [0.25, 0.3) is 0 Å². The first-order valence-electron chi connectivity index (χ1n) is 8.17. The molecular formula is C16H28N2O3. The molecule has 2 fully saturated rings. The van der Waals surface area contributed by atoms with E-state index in [1.54, 1.807) is 6.92 Å². The summed E-state index contributed by atoms with van der Waals surface area (Å²) in [4.78, 5) is 28.1. The van der Waals surface area contributed by atoms with Crippen molar-refractivity contribution in [1.82, 2.24) is 9.80 Å². The van der Waals surface area contributed by atoms with Crippen molar-refractivity contribution in [1.29, 1.82) is 0 Å². The van der Waals surface area contributed by atoms with Gasteiger partial charge in [0.1, 0.15) is 0 Å². The Balaban J connectivity index is 1.87. The number of hydrogen-bond donors (Lipinski definition) is 0. The highest BCUT2D eigenvalue weighted by molar-refractivity contribution is 5.79. The largest absolute Gasteiger partial charge is 0.465 e. The van der Waals surface area contributed by atoms with Gasteiger partial charge in [0.2, 0.25) is 5.91 Å². The summed E-state index contributed by atoms with van der Waals surface area (Å²) in [5.74, 6) is 1.07.